The molecule has 158 valence electrons. The number of carbonyl (C=O) groups excluding carboxylic acids is 4. The lowest BCUT2D eigenvalue weighted by molar-refractivity contribution is -0.123. The van der Waals surface area contributed by atoms with Crippen molar-refractivity contribution in [1.29, 1.82) is 0 Å². The molecule has 8 nitrogen and oxygen atoms in total. The van der Waals surface area contributed by atoms with E-state index in [1.165, 1.54) is 24.3 Å². The number of halogens is 2. The van der Waals surface area contributed by atoms with Crippen LogP contribution in [0.5, 0.6) is 0 Å². The van der Waals surface area contributed by atoms with Crippen LogP contribution in [0.2, 0.25) is 10.0 Å². The van der Waals surface area contributed by atoms with Crippen LogP contribution in [0.1, 0.15) is 46.4 Å². The summed E-state index contributed by atoms with van der Waals surface area (Å²) >= 11 is 11.5. The van der Waals surface area contributed by atoms with E-state index in [9.17, 15) is 19.2 Å². The highest BCUT2D eigenvalue weighted by Gasteiger charge is 2.09. The Bertz CT molecular complexity index is 827. The van der Waals surface area contributed by atoms with Gasteiger partial charge in [0.2, 0.25) is 11.8 Å². The molecule has 0 saturated carbocycles. The van der Waals surface area contributed by atoms with Crippen LogP contribution < -0.4 is 21.7 Å². The molecule has 0 bridgehead atoms. The molecule has 4 amide bonds. The quantitative estimate of drug-likeness (QED) is 0.383. The molecule has 0 heterocycles. The van der Waals surface area contributed by atoms with E-state index in [1.54, 1.807) is 24.3 Å². The van der Waals surface area contributed by atoms with Crippen molar-refractivity contribution in [3.8, 4) is 0 Å². The SMILES string of the molecule is O=C(CCCCC(=O)NNC(=O)c1ccc(Cl)cc1)NNC(=O)c1ccc(Cl)cc1. The van der Waals surface area contributed by atoms with Gasteiger partial charge in [-0.1, -0.05) is 23.2 Å². The standard InChI is InChI=1S/C20H20Cl2N4O4/c21-15-9-5-13(6-10-15)19(29)25-23-17(27)3-1-2-4-18(28)24-26-20(30)14-7-11-16(22)12-8-14/h5-12H,1-4H2,(H,23,27)(H,24,28)(H,25,29)(H,26,30). The van der Waals surface area contributed by atoms with E-state index in [2.05, 4.69) is 21.7 Å². The lowest BCUT2D eigenvalue weighted by Gasteiger charge is -2.08. The largest absolute Gasteiger partial charge is 0.273 e. The molecule has 0 spiro atoms. The number of benzene rings is 2. The van der Waals surface area contributed by atoms with Crippen LogP contribution >= 0.6 is 23.2 Å². The first-order chi connectivity index (χ1) is 14.3. The third-order valence-electron chi connectivity index (χ3n) is 3.90. The zero-order chi connectivity index (χ0) is 21.9. The van der Waals surface area contributed by atoms with Crippen LogP contribution in [0.15, 0.2) is 48.5 Å². The van der Waals surface area contributed by atoms with Crippen LogP contribution in [0, 0.1) is 0 Å². The van der Waals surface area contributed by atoms with Gasteiger partial charge in [0, 0.05) is 34.0 Å². The van der Waals surface area contributed by atoms with Crippen molar-refractivity contribution < 1.29 is 19.2 Å². The van der Waals surface area contributed by atoms with Gasteiger partial charge < -0.3 is 0 Å². The zero-order valence-corrected chi connectivity index (χ0v) is 17.3. The number of carbonyl (C=O) groups is 4. The van der Waals surface area contributed by atoms with Crippen LogP contribution in [0.4, 0.5) is 0 Å². The van der Waals surface area contributed by atoms with E-state index >= 15 is 0 Å². The van der Waals surface area contributed by atoms with E-state index in [-0.39, 0.29) is 24.7 Å². The van der Waals surface area contributed by atoms with Crippen LogP contribution in [-0.4, -0.2) is 23.6 Å². The third kappa shape index (κ3) is 8.10. The van der Waals surface area contributed by atoms with Crippen molar-refractivity contribution in [2.45, 2.75) is 25.7 Å². The number of hydrogen-bond acceptors (Lipinski definition) is 4. The number of hydrogen-bond donors (Lipinski definition) is 4. The molecule has 0 aliphatic carbocycles. The zero-order valence-electron chi connectivity index (χ0n) is 15.8. The van der Waals surface area contributed by atoms with E-state index in [1.807, 2.05) is 0 Å². The fraction of sp³-hybridized carbons (Fsp3) is 0.200. The average Bonchev–Trinajstić information content (AvgIpc) is 2.74. The summed E-state index contributed by atoms with van der Waals surface area (Å²) in [5.74, 6) is -1.69. The Labute approximate surface area is 183 Å². The first-order valence-electron chi connectivity index (χ1n) is 9.04. The molecule has 30 heavy (non-hydrogen) atoms. The van der Waals surface area contributed by atoms with Gasteiger partial charge in [0.1, 0.15) is 0 Å². The fourth-order valence-corrected chi connectivity index (χ4v) is 2.55. The highest BCUT2D eigenvalue weighted by atomic mass is 35.5. The normalized spacial score (nSPS) is 10.1. The van der Waals surface area contributed by atoms with Gasteiger partial charge in [0.05, 0.1) is 0 Å². The molecule has 2 aromatic carbocycles. The number of nitrogens with one attached hydrogen (secondary N) is 4. The predicted octanol–water partition coefficient (Wildman–Crippen LogP) is 2.78. The predicted molar refractivity (Wildman–Crippen MR) is 113 cm³/mol. The highest BCUT2D eigenvalue weighted by Crippen LogP contribution is 2.10. The first kappa shape index (κ1) is 23.2. The van der Waals surface area contributed by atoms with Crippen LogP contribution in [0.25, 0.3) is 0 Å². The molecule has 0 saturated heterocycles. The second kappa shape index (κ2) is 11.8. The summed E-state index contributed by atoms with van der Waals surface area (Å²) in [5, 5.41) is 1.01. The minimum absolute atomic E-state index is 0.130. The summed E-state index contributed by atoms with van der Waals surface area (Å²) in [5.41, 5.74) is 9.94. The molecule has 10 heteroatoms. The van der Waals surface area contributed by atoms with Crippen molar-refractivity contribution in [3.63, 3.8) is 0 Å². The maximum absolute atomic E-state index is 11.9. The molecular formula is C20H20Cl2N4O4. The Morgan fingerprint density at radius 3 is 1.23 bits per heavy atom. The summed E-state index contributed by atoms with van der Waals surface area (Å²) in [6, 6.07) is 12.4. The van der Waals surface area contributed by atoms with Gasteiger partial charge in [-0.05, 0) is 61.4 Å². The van der Waals surface area contributed by atoms with Gasteiger partial charge in [-0.3, -0.25) is 40.9 Å². The van der Waals surface area contributed by atoms with Gasteiger partial charge in [0.25, 0.3) is 11.8 Å². The van der Waals surface area contributed by atoms with Gasteiger partial charge in [0.15, 0.2) is 0 Å². The summed E-state index contributed by atoms with van der Waals surface area (Å²) in [7, 11) is 0. The Balaban J connectivity index is 1.57. The molecule has 2 aromatic rings. The maximum atomic E-state index is 11.9. The molecule has 0 aliphatic rings. The second-order valence-corrected chi connectivity index (χ2v) is 7.10. The molecule has 0 fully saturated rings. The van der Waals surface area contributed by atoms with Crippen LogP contribution in [0.3, 0.4) is 0 Å². The Morgan fingerprint density at radius 1 is 0.567 bits per heavy atom. The highest BCUT2D eigenvalue weighted by molar-refractivity contribution is 6.31. The minimum Gasteiger partial charge on any atom is -0.273 e. The lowest BCUT2D eigenvalue weighted by atomic mass is 10.2. The molecule has 0 unspecified atom stereocenters. The number of unbranched alkanes of at least 4 members (excludes halogenated alkanes) is 1. The molecule has 0 aromatic heterocycles. The van der Waals surface area contributed by atoms with Crippen molar-refractivity contribution in [3.05, 3.63) is 69.7 Å². The molecular weight excluding hydrogens is 431 g/mol. The topological polar surface area (TPSA) is 116 Å². The van der Waals surface area contributed by atoms with Crippen molar-refractivity contribution >= 4 is 46.8 Å². The summed E-state index contributed by atoms with van der Waals surface area (Å²) < 4.78 is 0. The van der Waals surface area contributed by atoms with Crippen molar-refractivity contribution in [2.24, 2.45) is 0 Å². The van der Waals surface area contributed by atoms with Gasteiger partial charge >= 0.3 is 0 Å². The maximum Gasteiger partial charge on any atom is 0.269 e. The second-order valence-electron chi connectivity index (χ2n) is 6.23. The van der Waals surface area contributed by atoms with Gasteiger partial charge in [-0.25, -0.2) is 0 Å². The van der Waals surface area contributed by atoms with E-state index in [0.717, 1.165) is 0 Å². The number of amides is 4. The molecule has 0 atom stereocenters. The van der Waals surface area contributed by atoms with E-state index < -0.39 is 11.8 Å². The summed E-state index contributed by atoms with van der Waals surface area (Å²) in [4.78, 5) is 47.2. The average molecular weight is 451 g/mol. The first-order valence-corrected chi connectivity index (χ1v) is 9.80. The van der Waals surface area contributed by atoms with Crippen LogP contribution in [-0.2, 0) is 9.59 Å². The monoisotopic (exact) mass is 450 g/mol. The number of rotatable bonds is 7. The summed E-state index contributed by atoms with van der Waals surface area (Å²) in [6.45, 7) is 0. The Hall–Kier alpha value is -3.10. The smallest absolute Gasteiger partial charge is 0.269 e. The lowest BCUT2D eigenvalue weighted by Crippen LogP contribution is -2.42. The Morgan fingerprint density at radius 2 is 0.900 bits per heavy atom. The van der Waals surface area contributed by atoms with E-state index in [0.29, 0.717) is 34.0 Å². The Kier molecular flexibility index (Phi) is 9.11. The van der Waals surface area contributed by atoms with Crippen molar-refractivity contribution in [2.75, 3.05) is 0 Å². The molecule has 0 aliphatic heterocycles. The molecule has 0 radical (unpaired) electrons. The van der Waals surface area contributed by atoms with Gasteiger partial charge in [-0.15, -0.1) is 0 Å². The summed E-state index contributed by atoms with van der Waals surface area (Å²) in [6.07, 6.45) is 1.12. The third-order valence-corrected chi connectivity index (χ3v) is 4.41. The molecule has 2 rings (SSSR count). The fourth-order valence-electron chi connectivity index (χ4n) is 2.30. The molecule has 4 N–H and O–H groups in total. The van der Waals surface area contributed by atoms with E-state index in [4.69, 9.17) is 23.2 Å². The van der Waals surface area contributed by atoms with Crippen molar-refractivity contribution in [1.82, 2.24) is 21.7 Å². The minimum atomic E-state index is -0.462. The number of hydrazine groups is 2. The van der Waals surface area contributed by atoms with Gasteiger partial charge in [-0.2, -0.15) is 0 Å².